The topological polar surface area (TPSA) is 93.0 Å². The van der Waals surface area contributed by atoms with Crippen LogP contribution in [0.25, 0.3) is 33.2 Å². The number of rotatable bonds is 1. The van der Waals surface area contributed by atoms with E-state index in [9.17, 15) is 4.79 Å². The van der Waals surface area contributed by atoms with Crippen LogP contribution in [0.15, 0.2) is 113 Å². The van der Waals surface area contributed by atoms with Crippen molar-refractivity contribution in [1.29, 1.82) is 0 Å². The molecule has 0 bridgehead atoms. The Morgan fingerprint density at radius 1 is 0.816 bits per heavy atom. The Balaban J connectivity index is 0.000000161. The van der Waals surface area contributed by atoms with Crippen molar-refractivity contribution in [3.05, 3.63) is 132 Å². The maximum absolute atomic E-state index is 10.5. The number of aryl methyl sites for hydroxylation is 2. The van der Waals surface area contributed by atoms with E-state index in [4.69, 9.17) is 5.11 Å². The van der Waals surface area contributed by atoms with Gasteiger partial charge in [-0.1, -0.05) is 36.4 Å². The molecular formula is C30H26N4O3Ru+. The second-order valence-corrected chi connectivity index (χ2v) is 8.12. The third-order valence-electron chi connectivity index (χ3n) is 5.60. The van der Waals surface area contributed by atoms with E-state index in [0.717, 1.165) is 27.8 Å². The number of fused-ring (bicyclic) bond motifs is 3. The van der Waals surface area contributed by atoms with Crippen LogP contribution in [0, 0.1) is 20.9 Å². The van der Waals surface area contributed by atoms with Gasteiger partial charge in [0, 0.05) is 42.5 Å². The Morgan fingerprint density at radius 2 is 1.58 bits per heavy atom. The van der Waals surface area contributed by atoms with Crippen molar-refractivity contribution in [2.24, 2.45) is 0 Å². The fraction of sp³-hybridized carbons (Fsp3) is 0.0667. The minimum atomic E-state index is -0.404. The van der Waals surface area contributed by atoms with E-state index in [0.29, 0.717) is 0 Å². The number of aromatic hydroxyl groups is 1. The summed E-state index contributed by atoms with van der Waals surface area (Å²) in [6, 6.07) is 23.2. The second-order valence-electron chi connectivity index (χ2n) is 8.12. The van der Waals surface area contributed by atoms with E-state index < -0.39 is 5.43 Å². The number of aromatic nitrogens is 4. The Bertz CT molecular complexity index is 1710. The van der Waals surface area contributed by atoms with Crippen LogP contribution in [0.4, 0.5) is 0 Å². The summed E-state index contributed by atoms with van der Waals surface area (Å²) >= 11 is 0. The maximum Gasteiger partial charge on any atom is 1.00 e. The van der Waals surface area contributed by atoms with Crippen molar-refractivity contribution in [1.82, 2.24) is 15.0 Å². The molecule has 0 amide bonds. The zero-order chi connectivity index (χ0) is 26.2. The second kappa shape index (κ2) is 13.2. The molecule has 8 heteroatoms. The molecule has 0 fully saturated rings. The summed E-state index contributed by atoms with van der Waals surface area (Å²) in [4.78, 5) is 23.6. The molecule has 38 heavy (non-hydrogen) atoms. The monoisotopic (exact) mass is 592 g/mol. The summed E-state index contributed by atoms with van der Waals surface area (Å²) in [5.41, 5.74) is 4.78. The van der Waals surface area contributed by atoms with Crippen LogP contribution in [0.1, 0.15) is 11.3 Å². The molecule has 1 N–H and O–H groups in total. The van der Waals surface area contributed by atoms with Gasteiger partial charge >= 0.3 is 19.5 Å². The molecule has 191 valence electrons. The van der Waals surface area contributed by atoms with E-state index in [1.54, 1.807) is 6.20 Å². The molecule has 0 saturated carbocycles. The maximum atomic E-state index is 10.5. The van der Waals surface area contributed by atoms with Crippen molar-refractivity contribution < 1.29 is 33.6 Å². The quantitative estimate of drug-likeness (QED) is 0.119. The Morgan fingerprint density at radius 3 is 2.29 bits per heavy atom. The molecule has 5 aromatic heterocycles. The summed E-state index contributed by atoms with van der Waals surface area (Å²) in [7, 11) is 3.87. The van der Waals surface area contributed by atoms with E-state index in [1.165, 1.54) is 30.2 Å². The molecule has 0 unspecified atom stereocenters. The molecule has 1 radical (unpaired) electrons. The fourth-order valence-electron chi connectivity index (χ4n) is 3.62. The van der Waals surface area contributed by atoms with Crippen molar-refractivity contribution >= 4 is 21.8 Å². The number of benzene rings is 1. The standard InChI is InChI=1S/C13H10N2.C11H10N2.C6H6O3.Ru/c1-9-6-8-15-13-11(9)5-4-10-3-2-7-14-12(10)13;1-13-9-5-3-7-11(13)10-6-2-4-8-12-10;1-4-6(8)5(7)2-3-9-4;/h2-8H,1H3;2-9H,1H2;2-3,8H,1H3;/q;;;+1. The minimum absolute atomic E-state index is 0. The Labute approximate surface area is 233 Å². The molecule has 6 aromatic rings. The van der Waals surface area contributed by atoms with Crippen molar-refractivity contribution in [2.45, 2.75) is 13.8 Å². The van der Waals surface area contributed by atoms with Crippen molar-refractivity contribution in [3.63, 3.8) is 0 Å². The average molecular weight is 592 g/mol. The third-order valence-corrected chi connectivity index (χ3v) is 5.60. The Hall–Kier alpha value is -4.42. The molecule has 5 heterocycles. The number of hydrogen-bond donors (Lipinski definition) is 1. The van der Waals surface area contributed by atoms with Gasteiger partial charge in [-0.3, -0.25) is 19.7 Å². The minimum Gasteiger partial charge on any atom is -0.502 e. The van der Waals surface area contributed by atoms with Crippen LogP contribution in [0.5, 0.6) is 5.75 Å². The van der Waals surface area contributed by atoms with Crippen LogP contribution in [-0.2, 0) is 19.5 Å². The summed E-state index contributed by atoms with van der Waals surface area (Å²) in [6.07, 6.45) is 8.58. The molecular weight excluding hydrogens is 565 g/mol. The summed E-state index contributed by atoms with van der Waals surface area (Å²) in [6.45, 7) is 3.62. The van der Waals surface area contributed by atoms with Gasteiger partial charge in [-0.15, -0.1) is 0 Å². The van der Waals surface area contributed by atoms with Gasteiger partial charge in [0.2, 0.25) is 11.2 Å². The summed E-state index contributed by atoms with van der Waals surface area (Å²) in [5.74, 6) is -0.0556. The molecule has 0 spiro atoms. The van der Waals surface area contributed by atoms with E-state index in [2.05, 4.69) is 51.5 Å². The summed E-state index contributed by atoms with van der Waals surface area (Å²) in [5, 5.41) is 11.1. The largest absolute Gasteiger partial charge is 1.00 e. The first-order valence-electron chi connectivity index (χ1n) is 11.5. The van der Waals surface area contributed by atoms with Crippen LogP contribution in [0.2, 0.25) is 0 Å². The molecule has 0 aliphatic rings. The van der Waals surface area contributed by atoms with Crippen LogP contribution >= 0.6 is 0 Å². The predicted octanol–water partition coefficient (Wildman–Crippen LogP) is 5.42. The molecule has 0 atom stereocenters. The molecule has 7 nitrogen and oxygen atoms in total. The normalized spacial score (nSPS) is 9.95. The molecule has 0 aliphatic carbocycles. The van der Waals surface area contributed by atoms with E-state index in [1.807, 2.05) is 71.7 Å². The molecule has 6 rings (SSSR count). The fourth-order valence-corrected chi connectivity index (χ4v) is 3.62. The number of hydrogen-bond acceptors (Lipinski definition) is 6. The van der Waals surface area contributed by atoms with Gasteiger partial charge in [0.05, 0.1) is 29.2 Å². The van der Waals surface area contributed by atoms with Crippen molar-refractivity contribution in [2.75, 3.05) is 0 Å². The zero-order valence-electron chi connectivity index (χ0n) is 20.9. The Kier molecular flexibility index (Phi) is 9.80. The first-order valence-corrected chi connectivity index (χ1v) is 11.5. The van der Waals surface area contributed by atoms with Gasteiger partial charge in [0.25, 0.3) is 0 Å². The zero-order valence-corrected chi connectivity index (χ0v) is 22.7. The molecule has 0 saturated heterocycles. The van der Waals surface area contributed by atoms with Gasteiger partial charge in [0.1, 0.15) is 11.5 Å². The number of pyridine rings is 4. The van der Waals surface area contributed by atoms with Gasteiger partial charge in [0.15, 0.2) is 0 Å². The first-order chi connectivity index (χ1) is 18.0. The SMILES string of the molecule is Cc1ccnc2c1ccc1cccnc12.Cc1occc(=O)c1O.[CH2-][n+]1ccccc1-c1ccccn1.[Ru+]. The molecule has 0 aliphatic heterocycles. The predicted molar refractivity (Wildman–Crippen MR) is 144 cm³/mol. The third kappa shape index (κ3) is 6.66. The van der Waals surface area contributed by atoms with Gasteiger partial charge in [-0.2, -0.15) is 0 Å². The van der Waals surface area contributed by atoms with Gasteiger partial charge in [-0.05, 0) is 49.7 Å². The average Bonchev–Trinajstić information content (AvgIpc) is 2.93. The van der Waals surface area contributed by atoms with Gasteiger partial charge in [-0.25, -0.2) is 0 Å². The number of nitrogens with zero attached hydrogens (tertiary/aromatic N) is 4. The van der Waals surface area contributed by atoms with Crippen molar-refractivity contribution in [3.8, 4) is 17.1 Å². The first kappa shape index (κ1) is 28.2. The van der Waals surface area contributed by atoms with Gasteiger partial charge < -0.3 is 14.1 Å². The van der Waals surface area contributed by atoms with Crippen LogP contribution in [0.3, 0.4) is 0 Å². The summed E-state index contributed by atoms with van der Waals surface area (Å²) < 4.78 is 6.50. The van der Waals surface area contributed by atoms with E-state index in [-0.39, 0.29) is 31.0 Å². The van der Waals surface area contributed by atoms with Crippen LogP contribution < -0.4 is 10.00 Å². The smallest absolute Gasteiger partial charge is 0.502 e. The van der Waals surface area contributed by atoms with Crippen LogP contribution in [-0.4, -0.2) is 20.1 Å². The molecule has 1 aromatic carbocycles. The van der Waals surface area contributed by atoms with E-state index >= 15 is 0 Å².